The summed E-state index contributed by atoms with van der Waals surface area (Å²) in [5.74, 6) is 0.403. The summed E-state index contributed by atoms with van der Waals surface area (Å²) in [6, 6.07) is 4.55. The number of likely N-dealkylation sites (tertiary alicyclic amines) is 1. The molecule has 0 unspecified atom stereocenters. The molecule has 2 aliphatic heterocycles. The van der Waals surface area contributed by atoms with Crippen molar-refractivity contribution in [1.29, 1.82) is 0 Å². The van der Waals surface area contributed by atoms with Crippen LogP contribution in [-0.4, -0.2) is 41.8 Å². The van der Waals surface area contributed by atoms with Gasteiger partial charge < -0.3 is 19.7 Å². The van der Waals surface area contributed by atoms with Gasteiger partial charge in [0.05, 0.1) is 5.69 Å². The van der Waals surface area contributed by atoms with Crippen molar-refractivity contribution in [2.45, 2.75) is 51.2 Å². The number of piperidine rings is 1. The number of nitrogens with zero attached hydrogens (tertiary/aromatic N) is 1. The first-order chi connectivity index (χ1) is 11.3. The van der Waals surface area contributed by atoms with E-state index in [0.717, 1.165) is 25.8 Å². The summed E-state index contributed by atoms with van der Waals surface area (Å²) < 4.78 is 25.1. The van der Waals surface area contributed by atoms with Crippen LogP contribution < -0.4 is 10.1 Å². The van der Waals surface area contributed by atoms with Crippen LogP contribution in [0.15, 0.2) is 18.2 Å². The molecule has 0 aromatic heterocycles. The highest BCUT2D eigenvalue weighted by Gasteiger charge is 2.40. The minimum absolute atomic E-state index is 0.272. The molecule has 24 heavy (non-hydrogen) atoms. The highest BCUT2D eigenvalue weighted by atomic mass is 19.1. The minimum atomic E-state index is -0.488. The Bertz CT molecular complexity index is 619. The van der Waals surface area contributed by atoms with Crippen LogP contribution in [0.2, 0.25) is 0 Å². The van der Waals surface area contributed by atoms with Gasteiger partial charge in [0.25, 0.3) is 0 Å². The number of hydrogen-bond donors (Lipinski definition) is 1. The minimum Gasteiger partial charge on any atom is -0.485 e. The van der Waals surface area contributed by atoms with Crippen molar-refractivity contribution in [3.63, 3.8) is 0 Å². The monoisotopic (exact) mass is 336 g/mol. The van der Waals surface area contributed by atoms with Crippen molar-refractivity contribution in [2.24, 2.45) is 0 Å². The number of carbonyl (C=O) groups excluding carboxylic acids is 1. The van der Waals surface area contributed by atoms with E-state index in [1.807, 2.05) is 20.8 Å². The van der Waals surface area contributed by atoms with Crippen molar-refractivity contribution < 1.29 is 18.7 Å². The number of benzene rings is 1. The molecule has 3 rings (SSSR count). The number of amides is 1. The molecular formula is C18H25FN2O3. The fourth-order valence-corrected chi connectivity index (χ4v) is 3.21. The van der Waals surface area contributed by atoms with Gasteiger partial charge >= 0.3 is 6.09 Å². The molecule has 1 spiro atoms. The van der Waals surface area contributed by atoms with Gasteiger partial charge in [-0.15, -0.1) is 0 Å². The summed E-state index contributed by atoms with van der Waals surface area (Å²) in [6.45, 7) is 7.53. The molecule has 5 nitrogen and oxygen atoms in total. The Morgan fingerprint density at radius 2 is 2.00 bits per heavy atom. The van der Waals surface area contributed by atoms with E-state index in [-0.39, 0.29) is 17.5 Å². The molecule has 6 heteroatoms. The third-order valence-corrected chi connectivity index (χ3v) is 4.49. The average Bonchev–Trinajstić information content (AvgIpc) is 2.65. The maximum absolute atomic E-state index is 13.4. The molecular weight excluding hydrogens is 311 g/mol. The second kappa shape index (κ2) is 6.15. The molecule has 1 fully saturated rings. The zero-order chi connectivity index (χ0) is 17.4. The fraction of sp³-hybridized carbons (Fsp3) is 0.611. The summed E-state index contributed by atoms with van der Waals surface area (Å²) in [5.41, 5.74) is -0.103. The predicted octanol–water partition coefficient (Wildman–Crippen LogP) is 3.79. The lowest BCUT2D eigenvalue weighted by atomic mass is 9.88. The highest BCUT2D eigenvalue weighted by Crippen LogP contribution is 2.38. The third-order valence-electron chi connectivity index (χ3n) is 4.49. The second-order valence-electron chi connectivity index (χ2n) is 7.57. The van der Waals surface area contributed by atoms with Crippen molar-refractivity contribution in [1.82, 2.24) is 4.90 Å². The van der Waals surface area contributed by atoms with Gasteiger partial charge in [-0.3, -0.25) is 0 Å². The van der Waals surface area contributed by atoms with Crippen LogP contribution >= 0.6 is 0 Å². The van der Waals surface area contributed by atoms with E-state index < -0.39 is 5.60 Å². The van der Waals surface area contributed by atoms with Crippen LogP contribution in [0.1, 0.15) is 40.0 Å². The lowest BCUT2D eigenvalue weighted by molar-refractivity contribution is -0.0184. The van der Waals surface area contributed by atoms with Crippen LogP contribution in [0.3, 0.4) is 0 Å². The molecule has 0 radical (unpaired) electrons. The van der Waals surface area contributed by atoms with Crippen LogP contribution in [0.5, 0.6) is 5.75 Å². The number of anilines is 1. The van der Waals surface area contributed by atoms with Gasteiger partial charge in [0.15, 0.2) is 0 Å². The van der Waals surface area contributed by atoms with Crippen molar-refractivity contribution >= 4 is 11.8 Å². The molecule has 1 N–H and O–H groups in total. The SMILES string of the molecule is CC(C)(C)OC(=O)N1CCC2(CCNc3cc(F)ccc3O2)CC1. The molecule has 0 saturated carbocycles. The molecule has 1 aromatic rings. The van der Waals surface area contributed by atoms with E-state index >= 15 is 0 Å². The predicted molar refractivity (Wildman–Crippen MR) is 89.9 cm³/mol. The van der Waals surface area contributed by atoms with Crippen molar-refractivity contribution in [3.05, 3.63) is 24.0 Å². The lowest BCUT2D eigenvalue weighted by Gasteiger charge is -2.41. The first kappa shape index (κ1) is 16.9. The average molecular weight is 336 g/mol. The van der Waals surface area contributed by atoms with Gasteiger partial charge in [-0.2, -0.15) is 0 Å². The lowest BCUT2D eigenvalue weighted by Crippen LogP contribution is -2.51. The molecule has 0 bridgehead atoms. The molecule has 2 aliphatic rings. The standard InChI is InChI=1S/C18H25FN2O3/c1-17(2,3)24-16(22)21-10-7-18(8-11-21)6-9-20-14-12-13(19)4-5-15(14)23-18/h4-5,12,20H,6-11H2,1-3H3. The molecule has 1 saturated heterocycles. The summed E-state index contributed by atoms with van der Waals surface area (Å²) in [7, 11) is 0. The Morgan fingerprint density at radius 1 is 1.29 bits per heavy atom. The number of ether oxygens (including phenoxy) is 2. The zero-order valence-electron chi connectivity index (χ0n) is 14.5. The van der Waals surface area contributed by atoms with Crippen molar-refractivity contribution in [2.75, 3.05) is 25.0 Å². The molecule has 1 amide bonds. The number of nitrogens with one attached hydrogen (secondary N) is 1. The molecule has 132 valence electrons. The topological polar surface area (TPSA) is 50.8 Å². The van der Waals surface area contributed by atoms with Gasteiger partial charge in [-0.1, -0.05) is 0 Å². The zero-order valence-corrected chi connectivity index (χ0v) is 14.5. The molecule has 0 aliphatic carbocycles. The summed E-state index contributed by atoms with van der Waals surface area (Å²) in [6.07, 6.45) is 2.03. The number of hydrogen-bond acceptors (Lipinski definition) is 4. The third kappa shape index (κ3) is 3.74. The fourth-order valence-electron chi connectivity index (χ4n) is 3.21. The maximum atomic E-state index is 13.4. The highest BCUT2D eigenvalue weighted by molar-refractivity contribution is 5.68. The van der Waals surface area contributed by atoms with Crippen LogP contribution in [0.25, 0.3) is 0 Å². The Kier molecular flexibility index (Phi) is 4.32. The van der Waals surface area contributed by atoms with E-state index in [1.54, 1.807) is 11.0 Å². The smallest absolute Gasteiger partial charge is 0.410 e. The quantitative estimate of drug-likeness (QED) is 0.783. The normalized spacial score (nSPS) is 19.8. The number of fused-ring (bicyclic) bond motifs is 1. The Morgan fingerprint density at radius 3 is 2.67 bits per heavy atom. The van der Waals surface area contributed by atoms with Gasteiger partial charge in [-0.25, -0.2) is 9.18 Å². The summed E-state index contributed by atoms with van der Waals surface area (Å²) in [5, 5.41) is 3.23. The number of carbonyl (C=O) groups is 1. The van der Waals surface area contributed by atoms with Crippen LogP contribution in [0.4, 0.5) is 14.9 Å². The van der Waals surface area contributed by atoms with E-state index in [0.29, 0.717) is 24.5 Å². The number of halogens is 1. The largest absolute Gasteiger partial charge is 0.485 e. The van der Waals surface area contributed by atoms with Gasteiger partial charge in [-0.05, 0) is 32.9 Å². The summed E-state index contributed by atoms with van der Waals surface area (Å²) >= 11 is 0. The Balaban J connectivity index is 1.67. The van der Waals surface area contributed by atoms with Gasteiger partial charge in [0.1, 0.15) is 22.8 Å². The Hall–Kier alpha value is -1.98. The van der Waals surface area contributed by atoms with E-state index in [9.17, 15) is 9.18 Å². The van der Waals surface area contributed by atoms with E-state index in [2.05, 4.69) is 5.32 Å². The van der Waals surface area contributed by atoms with E-state index in [1.165, 1.54) is 12.1 Å². The molecule has 1 aromatic carbocycles. The first-order valence-corrected chi connectivity index (χ1v) is 8.47. The van der Waals surface area contributed by atoms with Crippen LogP contribution in [-0.2, 0) is 4.74 Å². The first-order valence-electron chi connectivity index (χ1n) is 8.47. The van der Waals surface area contributed by atoms with Crippen molar-refractivity contribution in [3.8, 4) is 5.75 Å². The Labute approximate surface area is 142 Å². The second-order valence-corrected chi connectivity index (χ2v) is 7.57. The molecule has 0 atom stereocenters. The maximum Gasteiger partial charge on any atom is 0.410 e. The van der Waals surface area contributed by atoms with Gasteiger partial charge in [0.2, 0.25) is 0 Å². The van der Waals surface area contributed by atoms with Gasteiger partial charge in [0, 0.05) is 45.0 Å². The summed E-state index contributed by atoms with van der Waals surface area (Å²) in [4.78, 5) is 13.9. The molecule has 2 heterocycles. The van der Waals surface area contributed by atoms with E-state index in [4.69, 9.17) is 9.47 Å². The number of rotatable bonds is 0. The van der Waals surface area contributed by atoms with Crippen LogP contribution in [0, 0.1) is 5.82 Å².